The molecule has 2 rings (SSSR count). The zero-order chi connectivity index (χ0) is 11.2. The number of aryl methyl sites for hydroxylation is 1. The zero-order valence-electron chi connectivity index (χ0n) is 9.96. The minimum absolute atomic E-state index is 0.760. The minimum Gasteiger partial charge on any atom is -0.361 e. The number of aromatic nitrogens is 1. The third kappa shape index (κ3) is 3.61. The fourth-order valence-electron chi connectivity index (χ4n) is 2.21. The minimum atomic E-state index is 0.760. The maximum absolute atomic E-state index is 5.00. The topological polar surface area (TPSA) is 50.1 Å². The van der Waals surface area contributed by atoms with E-state index >= 15 is 0 Å². The number of hydrogen-bond donors (Lipinski definition) is 2. The summed E-state index contributed by atoms with van der Waals surface area (Å²) in [5, 5.41) is 10.9. The van der Waals surface area contributed by atoms with Gasteiger partial charge in [0.15, 0.2) is 0 Å². The lowest BCUT2D eigenvalue weighted by atomic mass is 10.2. The van der Waals surface area contributed by atoms with E-state index in [1.54, 1.807) is 0 Å². The first-order chi connectivity index (χ1) is 7.84. The number of nitrogens with zero attached hydrogens (tertiary/aromatic N) is 1. The van der Waals surface area contributed by atoms with Gasteiger partial charge < -0.3 is 15.2 Å². The Morgan fingerprint density at radius 2 is 2.19 bits per heavy atom. The maximum Gasteiger partial charge on any atom is 0.133 e. The molecule has 1 aromatic heterocycles. The molecular formula is C12H21N3O. The predicted octanol–water partition coefficient (Wildman–Crippen LogP) is 1.60. The highest BCUT2D eigenvalue weighted by atomic mass is 16.5. The first-order valence-corrected chi connectivity index (χ1v) is 6.21. The Balaban J connectivity index is 1.51. The Kier molecular flexibility index (Phi) is 4.36. The van der Waals surface area contributed by atoms with Crippen LogP contribution >= 0.6 is 0 Å². The van der Waals surface area contributed by atoms with Crippen LogP contribution in [-0.2, 0) is 6.54 Å². The first-order valence-electron chi connectivity index (χ1n) is 6.21. The molecule has 1 aliphatic rings. The lowest BCUT2D eigenvalue weighted by molar-refractivity contribution is 0.388. The normalized spacial score (nSPS) is 17.1. The molecule has 16 heavy (non-hydrogen) atoms. The molecular weight excluding hydrogens is 202 g/mol. The SMILES string of the molecule is Cc1cc(CNCCNC2CCCC2)no1. The van der Waals surface area contributed by atoms with E-state index in [1.165, 1.54) is 25.7 Å². The molecule has 90 valence electrons. The molecule has 0 atom stereocenters. The van der Waals surface area contributed by atoms with E-state index in [9.17, 15) is 0 Å². The highest BCUT2D eigenvalue weighted by molar-refractivity contribution is 5.02. The van der Waals surface area contributed by atoms with Crippen molar-refractivity contribution in [2.24, 2.45) is 0 Å². The number of rotatable bonds is 6. The molecule has 4 nitrogen and oxygen atoms in total. The van der Waals surface area contributed by atoms with Crippen molar-refractivity contribution in [1.29, 1.82) is 0 Å². The van der Waals surface area contributed by atoms with Gasteiger partial charge in [0.05, 0.1) is 5.69 Å². The van der Waals surface area contributed by atoms with Crippen molar-refractivity contribution >= 4 is 0 Å². The van der Waals surface area contributed by atoms with Crippen LogP contribution in [0.1, 0.15) is 37.1 Å². The summed E-state index contributed by atoms with van der Waals surface area (Å²) in [6.07, 6.45) is 5.48. The van der Waals surface area contributed by atoms with E-state index in [4.69, 9.17) is 4.52 Å². The van der Waals surface area contributed by atoms with Gasteiger partial charge in [-0.1, -0.05) is 18.0 Å². The van der Waals surface area contributed by atoms with Gasteiger partial charge in [-0.05, 0) is 19.8 Å². The molecule has 0 saturated heterocycles. The quantitative estimate of drug-likeness (QED) is 0.719. The van der Waals surface area contributed by atoms with E-state index in [-0.39, 0.29) is 0 Å². The molecule has 0 aliphatic heterocycles. The molecule has 1 saturated carbocycles. The van der Waals surface area contributed by atoms with Crippen molar-refractivity contribution in [3.05, 3.63) is 17.5 Å². The average molecular weight is 223 g/mol. The molecule has 1 aliphatic carbocycles. The molecule has 0 spiro atoms. The monoisotopic (exact) mass is 223 g/mol. The number of hydrogen-bond acceptors (Lipinski definition) is 4. The van der Waals surface area contributed by atoms with Crippen LogP contribution in [0.5, 0.6) is 0 Å². The van der Waals surface area contributed by atoms with Gasteiger partial charge in [-0.2, -0.15) is 0 Å². The van der Waals surface area contributed by atoms with Crippen molar-refractivity contribution in [2.75, 3.05) is 13.1 Å². The summed E-state index contributed by atoms with van der Waals surface area (Å²) in [7, 11) is 0. The van der Waals surface area contributed by atoms with Crippen LogP contribution < -0.4 is 10.6 Å². The fraction of sp³-hybridized carbons (Fsp3) is 0.750. The summed E-state index contributed by atoms with van der Waals surface area (Å²) < 4.78 is 5.00. The van der Waals surface area contributed by atoms with Gasteiger partial charge in [-0.15, -0.1) is 0 Å². The van der Waals surface area contributed by atoms with Gasteiger partial charge in [0.2, 0.25) is 0 Å². The largest absolute Gasteiger partial charge is 0.361 e. The maximum atomic E-state index is 5.00. The second-order valence-electron chi connectivity index (χ2n) is 4.54. The van der Waals surface area contributed by atoms with Crippen LogP contribution in [0.15, 0.2) is 10.6 Å². The van der Waals surface area contributed by atoms with Gasteiger partial charge in [0, 0.05) is 31.7 Å². The summed E-state index contributed by atoms with van der Waals surface area (Å²) >= 11 is 0. The van der Waals surface area contributed by atoms with E-state index in [2.05, 4.69) is 15.8 Å². The summed E-state index contributed by atoms with van der Waals surface area (Å²) in [6, 6.07) is 2.73. The molecule has 1 heterocycles. The summed E-state index contributed by atoms with van der Waals surface area (Å²) in [6.45, 7) is 4.74. The molecule has 1 aromatic rings. The Bertz CT molecular complexity index is 305. The standard InChI is InChI=1S/C12H21N3O/c1-10-8-12(15-16-10)9-13-6-7-14-11-4-2-3-5-11/h8,11,13-14H,2-7,9H2,1H3. The van der Waals surface area contributed by atoms with Crippen LogP contribution in [0.3, 0.4) is 0 Å². The average Bonchev–Trinajstić information content (AvgIpc) is 2.89. The highest BCUT2D eigenvalue weighted by Gasteiger charge is 2.12. The Morgan fingerprint density at radius 3 is 2.88 bits per heavy atom. The lowest BCUT2D eigenvalue weighted by Crippen LogP contribution is -2.33. The van der Waals surface area contributed by atoms with Crippen molar-refractivity contribution in [3.63, 3.8) is 0 Å². The molecule has 4 heteroatoms. The van der Waals surface area contributed by atoms with Gasteiger partial charge in [-0.3, -0.25) is 0 Å². The Hall–Kier alpha value is -0.870. The molecule has 0 aromatic carbocycles. The molecule has 2 N–H and O–H groups in total. The van der Waals surface area contributed by atoms with Crippen LogP contribution in [0.4, 0.5) is 0 Å². The summed E-state index contributed by atoms with van der Waals surface area (Å²) in [4.78, 5) is 0. The number of nitrogens with one attached hydrogen (secondary N) is 2. The van der Waals surface area contributed by atoms with Crippen LogP contribution in [0.25, 0.3) is 0 Å². The third-order valence-electron chi connectivity index (χ3n) is 3.07. The van der Waals surface area contributed by atoms with Crippen molar-refractivity contribution in [3.8, 4) is 0 Å². The first kappa shape index (κ1) is 11.6. The van der Waals surface area contributed by atoms with Gasteiger partial charge in [0.25, 0.3) is 0 Å². The molecule has 1 fully saturated rings. The molecule has 0 amide bonds. The summed E-state index contributed by atoms with van der Waals surface area (Å²) in [5.74, 6) is 0.876. The smallest absolute Gasteiger partial charge is 0.133 e. The third-order valence-corrected chi connectivity index (χ3v) is 3.07. The van der Waals surface area contributed by atoms with Crippen molar-refractivity contribution < 1.29 is 4.52 Å². The van der Waals surface area contributed by atoms with E-state index < -0.39 is 0 Å². The van der Waals surface area contributed by atoms with E-state index in [1.807, 2.05) is 13.0 Å². The van der Waals surface area contributed by atoms with Crippen molar-refractivity contribution in [1.82, 2.24) is 15.8 Å². The highest BCUT2D eigenvalue weighted by Crippen LogP contribution is 2.16. The second kappa shape index (κ2) is 6.01. The van der Waals surface area contributed by atoms with Crippen LogP contribution in [-0.4, -0.2) is 24.3 Å². The summed E-state index contributed by atoms with van der Waals surface area (Å²) in [5.41, 5.74) is 0.985. The zero-order valence-corrected chi connectivity index (χ0v) is 9.96. The predicted molar refractivity (Wildman–Crippen MR) is 63.2 cm³/mol. The van der Waals surface area contributed by atoms with Gasteiger partial charge >= 0.3 is 0 Å². The van der Waals surface area contributed by atoms with E-state index in [0.29, 0.717) is 0 Å². The van der Waals surface area contributed by atoms with Crippen molar-refractivity contribution in [2.45, 2.75) is 45.2 Å². The van der Waals surface area contributed by atoms with Crippen LogP contribution in [0.2, 0.25) is 0 Å². The van der Waals surface area contributed by atoms with Gasteiger partial charge in [0.1, 0.15) is 5.76 Å². The van der Waals surface area contributed by atoms with Crippen LogP contribution in [0, 0.1) is 6.92 Å². The Labute approximate surface area is 96.8 Å². The molecule has 0 unspecified atom stereocenters. The van der Waals surface area contributed by atoms with E-state index in [0.717, 1.165) is 37.1 Å². The molecule has 0 radical (unpaired) electrons. The lowest BCUT2D eigenvalue weighted by Gasteiger charge is -2.11. The second-order valence-corrected chi connectivity index (χ2v) is 4.54. The Morgan fingerprint density at radius 1 is 1.38 bits per heavy atom. The van der Waals surface area contributed by atoms with Gasteiger partial charge in [-0.25, -0.2) is 0 Å². The fourth-order valence-corrected chi connectivity index (χ4v) is 2.21. The molecule has 0 bridgehead atoms.